The molecule has 7 heteroatoms. The summed E-state index contributed by atoms with van der Waals surface area (Å²) in [5.74, 6) is -1.92. The molecule has 1 aliphatic rings. The zero-order valence-electron chi connectivity index (χ0n) is 13.6. The first-order chi connectivity index (χ1) is 10.7. The molecule has 0 radical (unpaired) electrons. The van der Waals surface area contributed by atoms with E-state index in [9.17, 15) is 14.7 Å². The molecular formula is C16H23N3O4. The molecule has 0 amide bonds. The van der Waals surface area contributed by atoms with Crippen molar-refractivity contribution in [2.24, 2.45) is 11.7 Å². The minimum Gasteiger partial charge on any atom is -0.480 e. The fraction of sp³-hybridized carbons (Fsp3) is 0.562. The number of nitrogens with two attached hydrogens (primary N) is 1. The molecule has 3 atom stereocenters. The zero-order valence-corrected chi connectivity index (χ0v) is 13.6. The second-order valence-corrected chi connectivity index (χ2v) is 6.68. The van der Waals surface area contributed by atoms with E-state index in [0.29, 0.717) is 18.5 Å². The number of esters is 1. The van der Waals surface area contributed by atoms with Crippen molar-refractivity contribution in [3.05, 3.63) is 30.1 Å². The van der Waals surface area contributed by atoms with Crippen LogP contribution in [0.4, 0.5) is 0 Å². The second kappa shape index (κ2) is 6.64. The highest BCUT2D eigenvalue weighted by molar-refractivity contribution is 5.77. The van der Waals surface area contributed by atoms with Gasteiger partial charge in [-0.05, 0) is 44.9 Å². The maximum absolute atomic E-state index is 12.3. The molecular weight excluding hydrogens is 298 g/mol. The van der Waals surface area contributed by atoms with Crippen molar-refractivity contribution >= 4 is 11.9 Å². The molecule has 1 aliphatic heterocycles. The van der Waals surface area contributed by atoms with E-state index < -0.39 is 29.7 Å². The molecule has 0 aromatic carbocycles. The number of rotatable bonds is 4. The maximum Gasteiger partial charge on any atom is 0.325 e. The normalized spacial score (nSPS) is 23.5. The topological polar surface area (TPSA) is 106 Å². The fourth-order valence-corrected chi connectivity index (χ4v) is 2.80. The average molecular weight is 321 g/mol. The monoisotopic (exact) mass is 321 g/mol. The third-order valence-electron chi connectivity index (χ3n) is 3.79. The maximum atomic E-state index is 12.3. The van der Waals surface area contributed by atoms with Gasteiger partial charge < -0.3 is 15.6 Å². The number of carboxylic acids is 1. The Kier molecular flexibility index (Phi) is 5.01. The Labute approximate surface area is 135 Å². The lowest BCUT2D eigenvalue weighted by Crippen LogP contribution is -2.47. The number of carbonyl (C=O) groups is 2. The number of hydrogen-bond acceptors (Lipinski definition) is 6. The van der Waals surface area contributed by atoms with Crippen LogP contribution in [0.5, 0.6) is 0 Å². The molecule has 23 heavy (non-hydrogen) atoms. The first kappa shape index (κ1) is 17.4. The standard InChI is InChI=1S/C16H23N3O4/c1-16(2,3)23-15(22)11-6-9-19(13(11)17)12(14(20)21)10-4-7-18-8-5-10/h4-5,7-8,11-13H,6,9,17H2,1-3H3,(H,20,21)/t11-,12-,13-/m1/s1. The third kappa shape index (κ3) is 4.05. The number of ether oxygens (including phenoxy) is 1. The zero-order chi connectivity index (χ0) is 17.2. The van der Waals surface area contributed by atoms with Crippen LogP contribution in [0.2, 0.25) is 0 Å². The molecule has 126 valence electrons. The van der Waals surface area contributed by atoms with Gasteiger partial charge in [0.1, 0.15) is 11.6 Å². The third-order valence-corrected chi connectivity index (χ3v) is 3.79. The van der Waals surface area contributed by atoms with E-state index >= 15 is 0 Å². The Morgan fingerprint density at radius 3 is 2.52 bits per heavy atom. The van der Waals surface area contributed by atoms with Crippen LogP contribution in [-0.2, 0) is 14.3 Å². The van der Waals surface area contributed by atoms with Crippen molar-refractivity contribution in [1.29, 1.82) is 0 Å². The predicted octanol–water partition coefficient (Wildman–Crippen LogP) is 1.16. The lowest BCUT2D eigenvalue weighted by atomic mass is 10.0. The predicted molar refractivity (Wildman–Crippen MR) is 83.2 cm³/mol. The van der Waals surface area contributed by atoms with Crippen molar-refractivity contribution in [3.63, 3.8) is 0 Å². The quantitative estimate of drug-likeness (QED) is 0.801. The molecule has 1 fully saturated rings. The summed E-state index contributed by atoms with van der Waals surface area (Å²) in [6.45, 7) is 5.80. The number of nitrogens with zero attached hydrogens (tertiary/aromatic N) is 2. The van der Waals surface area contributed by atoms with Gasteiger partial charge in [0.25, 0.3) is 0 Å². The van der Waals surface area contributed by atoms with Gasteiger partial charge in [0.2, 0.25) is 0 Å². The lowest BCUT2D eigenvalue weighted by Gasteiger charge is -2.30. The Morgan fingerprint density at radius 1 is 1.39 bits per heavy atom. The second-order valence-electron chi connectivity index (χ2n) is 6.68. The van der Waals surface area contributed by atoms with Gasteiger partial charge in [0.05, 0.1) is 12.1 Å². The summed E-state index contributed by atoms with van der Waals surface area (Å²) in [5, 5.41) is 9.58. The molecule has 2 rings (SSSR count). The Bertz CT molecular complexity index is 570. The number of aromatic nitrogens is 1. The Hall–Kier alpha value is -1.99. The molecule has 0 aliphatic carbocycles. The molecule has 1 aromatic rings. The molecule has 0 saturated carbocycles. The summed E-state index contributed by atoms with van der Waals surface area (Å²) in [5.41, 5.74) is 6.16. The van der Waals surface area contributed by atoms with Crippen LogP contribution >= 0.6 is 0 Å². The van der Waals surface area contributed by atoms with E-state index in [1.54, 1.807) is 37.8 Å². The van der Waals surface area contributed by atoms with Crippen molar-refractivity contribution in [3.8, 4) is 0 Å². The molecule has 0 bridgehead atoms. The highest BCUT2D eigenvalue weighted by Gasteiger charge is 2.43. The first-order valence-corrected chi connectivity index (χ1v) is 7.57. The lowest BCUT2D eigenvalue weighted by molar-refractivity contribution is -0.161. The van der Waals surface area contributed by atoms with Crippen LogP contribution < -0.4 is 5.73 Å². The summed E-state index contributed by atoms with van der Waals surface area (Å²) in [7, 11) is 0. The van der Waals surface area contributed by atoms with Gasteiger partial charge in [0.15, 0.2) is 0 Å². The molecule has 3 N–H and O–H groups in total. The highest BCUT2D eigenvalue weighted by atomic mass is 16.6. The molecule has 7 nitrogen and oxygen atoms in total. The molecule has 1 aromatic heterocycles. The van der Waals surface area contributed by atoms with Crippen LogP contribution in [0.25, 0.3) is 0 Å². The van der Waals surface area contributed by atoms with Crippen LogP contribution in [-0.4, -0.2) is 45.2 Å². The molecule has 2 heterocycles. The van der Waals surface area contributed by atoms with E-state index in [2.05, 4.69) is 4.98 Å². The first-order valence-electron chi connectivity index (χ1n) is 7.57. The van der Waals surface area contributed by atoms with E-state index in [0.717, 1.165) is 0 Å². The fourth-order valence-electron chi connectivity index (χ4n) is 2.80. The smallest absolute Gasteiger partial charge is 0.325 e. The van der Waals surface area contributed by atoms with Crippen molar-refractivity contribution in [2.75, 3.05) is 6.54 Å². The van der Waals surface area contributed by atoms with E-state index in [4.69, 9.17) is 10.5 Å². The molecule has 1 saturated heterocycles. The minimum absolute atomic E-state index is 0.383. The van der Waals surface area contributed by atoms with Crippen molar-refractivity contribution in [1.82, 2.24) is 9.88 Å². The summed E-state index contributed by atoms with van der Waals surface area (Å²) in [6.07, 6.45) is 2.86. The van der Waals surface area contributed by atoms with Crippen molar-refractivity contribution in [2.45, 2.75) is 45.0 Å². The van der Waals surface area contributed by atoms with Crippen LogP contribution in [0.15, 0.2) is 24.5 Å². The number of hydrogen-bond donors (Lipinski definition) is 2. The SMILES string of the molecule is CC(C)(C)OC(=O)[C@@H]1CCN([C@@H](C(=O)O)c2ccncc2)[C@H]1N. The molecule has 0 spiro atoms. The number of carboxylic acid groups (broad SMARTS) is 1. The van der Waals surface area contributed by atoms with Gasteiger partial charge in [-0.15, -0.1) is 0 Å². The Morgan fingerprint density at radius 2 is 2.00 bits per heavy atom. The van der Waals surface area contributed by atoms with Gasteiger partial charge in [0, 0.05) is 18.9 Å². The van der Waals surface area contributed by atoms with E-state index in [1.807, 2.05) is 0 Å². The van der Waals surface area contributed by atoms with Gasteiger partial charge in [-0.25, -0.2) is 0 Å². The number of likely N-dealkylation sites (tertiary alicyclic amines) is 1. The number of carbonyl (C=O) groups excluding carboxylic acids is 1. The van der Waals surface area contributed by atoms with Gasteiger partial charge in [-0.2, -0.15) is 0 Å². The summed E-state index contributed by atoms with van der Waals surface area (Å²) < 4.78 is 5.38. The van der Waals surface area contributed by atoms with Gasteiger partial charge >= 0.3 is 11.9 Å². The number of aliphatic carboxylic acids is 1. The summed E-state index contributed by atoms with van der Waals surface area (Å²) >= 11 is 0. The van der Waals surface area contributed by atoms with Crippen LogP contribution in [0.3, 0.4) is 0 Å². The summed E-state index contributed by atoms with van der Waals surface area (Å²) in [6, 6.07) is 2.39. The average Bonchev–Trinajstić information content (AvgIpc) is 2.80. The van der Waals surface area contributed by atoms with E-state index in [1.165, 1.54) is 12.4 Å². The minimum atomic E-state index is -1.00. The molecule has 0 unspecified atom stereocenters. The van der Waals surface area contributed by atoms with Crippen LogP contribution in [0, 0.1) is 5.92 Å². The van der Waals surface area contributed by atoms with Gasteiger partial charge in [-0.3, -0.25) is 19.5 Å². The Balaban J connectivity index is 2.18. The van der Waals surface area contributed by atoms with Crippen molar-refractivity contribution < 1.29 is 19.4 Å². The highest BCUT2D eigenvalue weighted by Crippen LogP contribution is 2.32. The summed E-state index contributed by atoms with van der Waals surface area (Å²) in [4.78, 5) is 29.5. The number of pyridine rings is 1. The van der Waals surface area contributed by atoms with Gasteiger partial charge in [-0.1, -0.05) is 0 Å². The van der Waals surface area contributed by atoms with E-state index in [-0.39, 0.29) is 5.97 Å². The van der Waals surface area contributed by atoms with Crippen LogP contribution in [0.1, 0.15) is 38.8 Å². The largest absolute Gasteiger partial charge is 0.480 e.